The Morgan fingerprint density at radius 2 is 1.62 bits per heavy atom. The van der Waals surface area contributed by atoms with Gasteiger partial charge in [0.25, 0.3) is 0 Å². The minimum absolute atomic E-state index is 0.201. The Morgan fingerprint density at radius 1 is 0.906 bits per heavy atom. The van der Waals surface area contributed by atoms with Gasteiger partial charge < -0.3 is 14.2 Å². The first kappa shape index (κ1) is 20.6. The summed E-state index contributed by atoms with van der Waals surface area (Å²) in [5.41, 5.74) is 6.12. The van der Waals surface area contributed by atoms with E-state index in [0.29, 0.717) is 17.4 Å². The van der Waals surface area contributed by atoms with Gasteiger partial charge in [0.1, 0.15) is 5.75 Å². The highest BCUT2D eigenvalue weighted by Crippen LogP contribution is 2.51. The van der Waals surface area contributed by atoms with Crippen molar-refractivity contribution in [2.24, 2.45) is 0 Å². The molecule has 2 aliphatic rings. The zero-order chi connectivity index (χ0) is 22.5. The summed E-state index contributed by atoms with van der Waals surface area (Å²) in [5.74, 6) is 2.35. The number of hydrogen-bond acceptors (Lipinski definition) is 4. The van der Waals surface area contributed by atoms with Gasteiger partial charge in [0.05, 0.1) is 5.41 Å². The highest BCUT2D eigenvalue weighted by molar-refractivity contribution is 5.89. The third kappa shape index (κ3) is 3.44. The lowest BCUT2D eigenvalue weighted by molar-refractivity contribution is -0.137. The van der Waals surface area contributed by atoms with Crippen molar-refractivity contribution in [2.45, 2.75) is 51.9 Å². The van der Waals surface area contributed by atoms with Crippen molar-refractivity contribution in [2.75, 3.05) is 6.79 Å². The molecule has 1 aliphatic heterocycles. The Balaban J connectivity index is 1.39. The van der Waals surface area contributed by atoms with E-state index in [2.05, 4.69) is 51.1 Å². The molecule has 3 aromatic rings. The fourth-order valence-corrected chi connectivity index (χ4v) is 4.39. The predicted molar refractivity (Wildman–Crippen MR) is 125 cm³/mol. The summed E-state index contributed by atoms with van der Waals surface area (Å²) in [6.07, 6.45) is 1.56. The van der Waals surface area contributed by atoms with Crippen LogP contribution in [0.2, 0.25) is 0 Å². The minimum atomic E-state index is -0.591. The average Bonchev–Trinajstić information content (AvgIpc) is 3.48. The van der Waals surface area contributed by atoms with E-state index < -0.39 is 5.41 Å². The Labute approximate surface area is 189 Å². The average molecular weight is 429 g/mol. The lowest BCUT2D eigenvalue weighted by atomic mass is 9.93. The quantitative estimate of drug-likeness (QED) is 0.346. The van der Waals surface area contributed by atoms with Gasteiger partial charge in [-0.25, -0.2) is 0 Å². The number of benzene rings is 3. The van der Waals surface area contributed by atoms with Gasteiger partial charge >= 0.3 is 5.97 Å². The molecule has 0 spiro atoms. The van der Waals surface area contributed by atoms with Crippen LogP contribution in [0.3, 0.4) is 0 Å². The molecule has 1 aliphatic carbocycles. The van der Waals surface area contributed by atoms with E-state index in [0.717, 1.165) is 40.8 Å². The summed E-state index contributed by atoms with van der Waals surface area (Å²) >= 11 is 0. The zero-order valence-electron chi connectivity index (χ0n) is 19.0. The number of ether oxygens (including phenoxy) is 3. The van der Waals surface area contributed by atoms with Crippen LogP contribution >= 0.6 is 0 Å². The standard InChI is InChI=1S/C28H28O4/c1-17(2)20-5-7-21(8-6-20)23-10-12-24(19(4)18(23)3)32-27(29)28(13-14-28)22-9-11-25-26(15-22)31-16-30-25/h5-12,15,17H,13-14,16H2,1-4H3. The summed E-state index contributed by atoms with van der Waals surface area (Å²) in [5, 5.41) is 0. The number of esters is 1. The van der Waals surface area contributed by atoms with Gasteiger partial charge in [0.2, 0.25) is 6.79 Å². The van der Waals surface area contributed by atoms with Crippen molar-refractivity contribution in [1.82, 2.24) is 0 Å². The van der Waals surface area contributed by atoms with Crippen molar-refractivity contribution in [1.29, 1.82) is 0 Å². The van der Waals surface area contributed by atoms with Gasteiger partial charge in [-0.2, -0.15) is 0 Å². The maximum Gasteiger partial charge on any atom is 0.321 e. The Hall–Kier alpha value is -3.27. The maximum absolute atomic E-state index is 13.2. The summed E-state index contributed by atoms with van der Waals surface area (Å²) in [4.78, 5) is 13.2. The molecule has 1 saturated carbocycles. The number of fused-ring (bicyclic) bond motifs is 1. The number of carbonyl (C=O) groups is 1. The largest absolute Gasteiger partial charge is 0.454 e. The van der Waals surface area contributed by atoms with Crippen LogP contribution in [0, 0.1) is 13.8 Å². The molecular weight excluding hydrogens is 400 g/mol. The summed E-state index contributed by atoms with van der Waals surface area (Å²) in [6, 6.07) is 18.4. The summed E-state index contributed by atoms with van der Waals surface area (Å²) in [6.45, 7) is 8.72. The van der Waals surface area contributed by atoms with Crippen LogP contribution in [-0.4, -0.2) is 12.8 Å². The molecule has 0 aromatic heterocycles. The summed E-state index contributed by atoms with van der Waals surface area (Å²) < 4.78 is 16.9. The van der Waals surface area contributed by atoms with Gasteiger partial charge in [-0.1, -0.05) is 50.2 Å². The molecule has 5 rings (SSSR count). The third-order valence-electron chi connectivity index (χ3n) is 6.89. The lowest BCUT2D eigenvalue weighted by Crippen LogP contribution is -2.26. The highest BCUT2D eigenvalue weighted by atomic mass is 16.7. The molecule has 1 fully saturated rings. The minimum Gasteiger partial charge on any atom is -0.454 e. The van der Waals surface area contributed by atoms with Crippen molar-refractivity contribution >= 4 is 5.97 Å². The fourth-order valence-electron chi connectivity index (χ4n) is 4.39. The predicted octanol–water partition coefficient (Wildman–Crippen LogP) is 6.46. The van der Waals surface area contributed by atoms with Gasteiger partial charge in [-0.3, -0.25) is 4.79 Å². The Kier molecular flexibility index (Phi) is 4.96. The van der Waals surface area contributed by atoms with E-state index in [9.17, 15) is 4.79 Å². The molecule has 4 nitrogen and oxygen atoms in total. The van der Waals surface area contributed by atoms with E-state index in [1.54, 1.807) is 0 Å². The highest BCUT2D eigenvalue weighted by Gasteiger charge is 2.53. The molecule has 164 valence electrons. The molecule has 3 aromatic carbocycles. The second kappa shape index (κ2) is 7.70. The first-order chi connectivity index (χ1) is 15.4. The smallest absolute Gasteiger partial charge is 0.321 e. The van der Waals surface area contributed by atoms with Gasteiger partial charge in [0.15, 0.2) is 11.5 Å². The maximum atomic E-state index is 13.2. The lowest BCUT2D eigenvalue weighted by Gasteiger charge is -2.18. The first-order valence-electron chi connectivity index (χ1n) is 11.2. The SMILES string of the molecule is Cc1c(OC(=O)C2(c3ccc4c(c3)OCO4)CC2)ccc(-c2ccc(C(C)C)cc2)c1C. The normalized spacial score (nSPS) is 15.7. The molecule has 0 amide bonds. The van der Waals surface area contributed by atoms with Gasteiger partial charge in [-0.05, 0) is 84.2 Å². The molecule has 0 saturated heterocycles. The molecule has 1 heterocycles. The van der Waals surface area contributed by atoms with Crippen LogP contribution in [0.4, 0.5) is 0 Å². The number of hydrogen-bond donors (Lipinski definition) is 0. The van der Waals surface area contributed by atoms with Crippen molar-refractivity contribution < 1.29 is 19.0 Å². The van der Waals surface area contributed by atoms with Crippen molar-refractivity contribution in [3.8, 4) is 28.4 Å². The van der Waals surface area contributed by atoms with E-state index in [1.165, 1.54) is 11.1 Å². The van der Waals surface area contributed by atoms with Crippen LogP contribution in [0.5, 0.6) is 17.2 Å². The van der Waals surface area contributed by atoms with Crippen LogP contribution in [0.1, 0.15) is 54.9 Å². The van der Waals surface area contributed by atoms with E-state index in [1.807, 2.05) is 31.2 Å². The van der Waals surface area contributed by atoms with Gasteiger partial charge in [0, 0.05) is 0 Å². The van der Waals surface area contributed by atoms with Crippen LogP contribution in [0.25, 0.3) is 11.1 Å². The molecule has 4 heteroatoms. The summed E-state index contributed by atoms with van der Waals surface area (Å²) in [7, 11) is 0. The van der Waals surface area contributed by atoms with Crippen molar-refractivity contribution in [3.63, 3.8) is 0 Å². The molecule has 0 radical (unpaired) electrons. The molecule has 32 heavy (non-hydrogen) atoms. The second-order valence-electron chi connectivity index (χ2n) is 9.18. The fraction of sp³-hybridized carbons (Fsp3) is 0.321. The molecule has 0 unspecified atom stereocenters. The van der Waals surface area contributed by atoms with E-state index in [4.69, 9.17) is 14.2 Å². The van der Waals surface area contributed by atoms with E-state index in [-0.39, 0.29) is 12.8 Å². The molecule has 0 bridgehead atoms. The van der Waals surface area contributed by atoms with Crippen LogP contribution < -0.4 is 14.2 Å². The van der Waals surface area contributed by atoms with Crippen LogP contribution in [-0.2, 0) is 10.2 Å². The topological polar surface area (TPSA) is 44.8 Å². The molecule has 0 N–H and O–H groups in total. The monoisotopic (exact) mass is 428 g/mol. The van der Waals surface area contributed by atoms with Crippen LogP contribution in [0.15, 0.2) is 54.6 Å². The van der Waals surface area contributed by atoms with E-state index >= 15 is 0 Å². The Morgan fingerprint density at radius 3 is 2.31 bits per heavy atom. The first-order valence-corrected chi connectivity index (χ1v) is 11.2. The number of rotatable bonds is 5. The molecule has 0 atom stereocenters. The Bertz CT molecular complexity index is 1190. The second-order valence-corrected chi connectivity index (χ2v) is 9.18. The molecular formula is C28H28O4. The zero-order valence-corrected chi connectivity index (χ0v) is 19.0. The van der Waals surface area contributed by atoms with Gasteiger partial charge in [-0.15, -0.1) is 0 Å². The third-order valence-corrected chi connectivity index (χ3v) is 6.89. The number of carbonyl (C=O) groups excluding carboxylic acids is 1. The van der Waals surface area contributed by atoms with Crippen molar-refractivity contribution in [3.05, 3.63) is 76.9 Å².